The lowest BCUT2D eigenvalue weighted by atomic mass is 9.85. The molecule has 0 aromatic rings. The molecule has 1 fully saturated rings. The summed E-state index contributed by atoms with van der Waals surface area (Å²) < 4.78 is 0. The lowest BCUT2D eigenvalue weighted by Crippen LogP contribution is -2.48. The second kappa shape index (κ2) is 6.02. The third-order valence-electron chi connectivity index (χ3n) is 4.39. The maximum atomic E-state index is 10.7. The zero-order chi connectivity index (χ0) is 12.2. The van der Waals surface area contributed by atoms with Gasteiger partial charge in [0, 0.05) is 6.04 Å². The van der Waals surface area contributed by atoms with Crippen molar-refractivity contribution in [3.63, 3.8) is 0 Å². The average Bonchev–Trinajstić information content (AvgIpc) is 2.42. The van der Waals surface area contributed by atoms with E-state index in [1.807, 2.05) is 0 Å². The molecule has 2 heteroatoms. The number of nitrogens with one attached hydrogen (secondary N) is 1. The maximum Gasteiger partial charge on any atom is 0.0797 e. The van der Waals surface area contributed by atoms with Crippen LogP contribution in [0.25, 0.3) is 0 Å². The van der Waals surface area contributed by atoms with Crippen molar-refractivity contribution in [1.29, 1.82) is 0 Å². The quantitative estimate of drug-likeness (QED) is 0.724. The van der Waals surface area contributed by atoms with Crippen LogP contribution in [-0.2, 0) is 0 Å². The van der Waals surface area contributed by atoms with Crippen LogP contribution in [-0.4, -0.2) is 23.3 Å². The molecular formula is C14H29NO. The van der Waals surface area contributed by atoms with Gasteiger partial charge in [-0.2, -0.15) is 0 Å². The predicted octanol–water partition coefficient (Wildman–Crippen LogP) is 2.95. The van der Waals surface area contributed by atoms with Crippen LogP contribution in [0.3, 0.4) is 0 Å². The highest BCUT2D eigenvalue weighted by molar-refractivity contribution is 4.91. The van der Waals surface area contributed by atoms with Gasteiger partial charge in [-0.15, -0.1) is 0 Å². The highest BCUT2D eigenvalue weighted by atomic mass is 16.3. The first kappa shape index (κ1) is 14.0. The van der Waals surface area contributed by atoms with Crippen LogP contribution in [0.1, 0.15) is 59.8 Å². The molecule has 1 aliphatic carbocycles. The summed E-state index contributed by atoms with van der Waals surface area (Å²) in [6.45, 7) is 9.79. The molecule has 0 aromatic carbocycles. The molecule has 3 unspecified atom stereocenters. The molecule has 0 aromatic heterocycles. The van der Waals surface area contributed by atoms with E-state index in [0.717, 1.165) is 31.2 Å². The monoisotopic (exact) mass is 227 g/mol. The van der Waals surface area contributed by atoms with E-state index >= 15 is 0 Å². The van der Waals surface area contributed by atoms with Gasteiger partial charge < -0.3 is 10.4 Å². The fourth-order valence-electron chi connectivity index (χ4n) is 2.97. The minimum absolute atomic E-state index is 0.225. The van der Waals surface area contributed by atoms with Crippen molar-refractivity contribution in [3.05, 3.63) is 0 Å². The summed E-state index contributed by atoms with van der Waals surface area (Å²) in [5.41, 5.74) is -0.473. The zero-order valence-corrected chi connectivity index (χ0v) is 11.4. The van der Waals surface area contributed by atoms with Crippen LogP contribution in [0.15, 0.2) is 0 Å². The molecule has 1 aliphatic rings. The summed E-state index contributed by atoms with van der Waals surface area (Å²) in [7, 11) is 0. The number of likely N-dealkylation sites (N-methyl/N-ethyl adjacent to an activating group) is 1. The van der Waals surface area contributed by atoms with Gasteiger partial charge >= 0.3 is 0 Å². The van der Waals surface area contributed by atoms with E-state index in [1.165, 1.54) is 19.3 Å². The lowest BCUT2D eigenvalue weighted by molar-refractivity contribution is -0.00748. The zero-order valence-electron chi connectivity index (χ0n) is 11.4. The van der Waals surface area contributed by atoms with Gasteiger partial charge in [-0.05, 0) is 44.6 Å². The first-order valence-corrected chi connectivity index (χ1v) is 6.95. The Kier molecular flexibility index (Phi) is 5.26. The molecule has 1 rings (SSSR count). The fraction of sp³-hybridized carbons (Fsp3) is 1.00. The van der Waals surface area contributed by atoms with Crippen molar-refractivity contribution in [2.75, 3.05) is 6.54 Å². The molecule has 2 N–H and O–H groups in total. The van der Waals surface area contributed by atoms with Gasteiger partial charge in [0.25, 0.3) is 0 Å². The third kappa shape index (κ3) is 3.46. The van der Waals surface area contributed by atoms with Gasteiger partial charge in [0.05, 0.1) is 5.60 Å². The predicted molar refractivity (Wildman–Crippen MR) is 69.5 cm³/mol. The molecule has 0 amide bonds. The number of rotatable bonds is 4. The third-order valence-corrected chi connectivity index (χ3v) is 4.39. The second-order valence-corrected chi connectivity index (χ2v) is 5.82. The Balaban J connectivity index is 2.56. The Morgan fingerprint density at radius 1 is 1.25 bits per heavy atom. The molecule has 2 nitrogen and oxygen atoms in total. The molecule has 0 bridgehead atoms. The van der Waals surface area contributed by atoms with Crippen LogP contribution >= 0.6 is 0 Å². The Morgan fingerprint density at radius 2 is 1.94 bits per heavy atom. The van der Waals surface area contributed by atoms with Crippen molar-refractivity contribution in [1.82, 2.24) is 5.32 Å². The van der Waals surface area contributed by atoms with E-state index in [-0.39, 0.29) is 6.04 Å². The standard InChI is InChI=1S/C14H29NO/c1-5-15-12(4)14(16)9-6-7-13(8-10-14)11(2)3/h11-13,15-16H,5-10H2,1-4H3. The van der Waals surface area contributed by atoms with Gasteiger partial charge in [0.1, 0.15) is 0 Å². The molecule has 3 atom stereocenters. The van der Waals surface area contributed by atoms with Gasteiger partial charge in [-0.1, -0.05) is 33.6 Å². The van der Waals surface area contributed by atoms with Crippen molar-refractivity contribution < 1.29 is 5.11 Å². The SMILES string of the molecule is CCNC(C)C1(O)CCCC(C(C)C)CC1. The smallest absolute Gasteiger partial charge is 0.0797 e. The van der Waals surface area contributed by atoms with E-state index in [1.54, 1.807) is 0 Å². The van der Waals surface area contributed by atoms with Gasteiger partial charge in [0.15, 0.2) is 0 Å². The Bertz CT molecular complexity index is 205. The minimum atomic E-state index is -0.473. The lowest BCUT2D eigenvalue weighted by Gasteiger charge is -2.34. The molecule has 0 radical (unpaired) electrons. The maximum absolute atomic E-state index is 10.7. The van der Waals surface area contributed by atoms with Crippen molar-refractivity contribution in [2.24, 2.45) is 11.8 Å². The average molecular weight is 227 g/mol. The first-order valence-electron chi connectivity index (χ1n) is 6.95. The van der Waals surface area contributed by atoms with E-state index in [2.05, 4.69) is 33.0 Å². The summed E-state index contributed by atoms with van der Waals surface area (Å²) >= 11 is 0. The Labute approximate surface area is 101 Å². The van der Waals surface area contributed by atoms with Gasteiger partial charge in [-0.25, -0.2) is 0 Å². The number of hydrogen-bond acceptors (Lipinski definition) is 2. The van der Waals surface area contributed by atoms with E-state index < -0.39 is 5.60 Å². The second-order valence-electron chi connectivity index (χ2n) is 5.82. The van der Waals surface area contributed by atoms with Crippen LogP contribution in [0, 0.1) is 11.8 Å². The van der Waals surface area contributed by atoms with Crippen LogP contribution < -0.4 is 5.32 Å². The van der Waals surface area contributed by atoms with Gasteiger partial charge in [0.2, 0.25) is 0 Å². The van der Waals surface area contributed by atoms with Crippen LogP contribution in [0.2, 0.25) is 0 Å². The topological polar surface area (TPSA) is 32.3 Å². The minimum Gasteiger partial charge on any atom is -0.388 e. The van der Waals surface area contributed by atoms with E-state index in [9.17, 15) is 5.11 Å². The van der Waals surface area contributed by atoms with Crippen LogP contribution in [0.5, 0.6) is 0 Å². The number of aliphatic hydroxyl groups is 1. The Morgan fingerprint density at radius 3 is 2.50 bits per heavy atom. The molecule has 1 saturated carbocycles. The van der Waals surface area contributed by atoms with Crippen LogP contribution in [0.4, 0.5) is 0 Å². The molecular weight excluding hydrogens is 198 g/mol. The highest BCUT2D eigenvalue weighted by Crippen LogP contribution is 2.35. The fourth-order valence-corrected chi connectivity index (χ4v) is 2.97. The van der Waals surface area contributed by atoms with Gasteiger partial charge in [-0.3, -0.25) is 0 Å². The summed E-state index contributed by atoms with van der Waals surface area (Å²) in [6.07, 6.45) is 5.58. The van der Waals surface area contributed by atoms with Crippen molar-refractivity contribution >= 4 is 0 Å². The molecule has 0 aliphatic heterocycles. The first-order chi connectivity index (χ1) is 7.49. The summed E-state index contributed by atoms with van der Waals surface area (Å²) in [5, 5.41) is 14.1. The molecule has 0 saturated heterocycles. The van der Waals surface area contributed by atoms with Crippen molar-refractivity contribution in [2.45, 2.75) is 71.4 Å². The summed E-state index contributed by atoms with van der Waals surface area (Å²) in [6, 6.07) is 0.225. The normalized spacial score (nSPS) is 33.8. The largest absolute Gasteiger partial charge is 0.388 e. The summed E-state index contributed by atoms with van der Waals surface area (Å²) in [4.78, 5) is 0. The van der Waals surface area contributed by atoms with E-state index in [0.29, 0.717) is 0 Å². The molecule has 0 spiro atoms. The Hall–Kier alpha value is -0.0800. The van der Waals surface area contributed by atoms with Crippen molar-refractivity contribution in [3.8, 4) is 0 Å². The van der Waals surface area contributed by atoms with E-state index in [4.69, 9.17) is 0 Å². The molecule has 16 heavy (non-hydrogen) atoms. The number of hydrogen-bond donors (Lipinski definition) is 2. The molecule has 0 heterocycles. The molecule has 96 valence electrons. The highest BCUT2D eigenvalue weighted by Gasteiger charge is 2.35. The summed E-state index contributed by atoms with van der Waals surface area (Å²) in [5.74, 6) is 1.57.